The first kappa shape index (κ1) is 16.0. The van der Waals surface area contributed by atoms with Crippen LogP contribution < -0.4 is 0 Å². The molecule has 0 aromatic carbocycles. The van der Waals surface area contributed by atoms with Crippen LogP contribution in [0, 0.1) is 0 Å². The van der Waals surface area contributed by atoms with Crippen LogP contribution in [0.3, 0.4) is 0 Å². The van der Waals surface area contributed by atoms with E-state index in [4.69, 9.17) is 4.74 Å². The second kappa shape index (κ2) is 7.56. The van der Waals surface area contributed by atoms with Crippen molar-refractivity contribution in [2.45, 2.75) is 25.9 Å². The quantitative estimate of drug-likeness (QED) is 0.806. The van der Waals surface area contributed by atoms with Gasteiger partial charge in [0.25, 0.3) is 5.91 Å². The Morgan fingerprint density at radius 3 is 2.86 bits per heavy atom. The molecular formula is C15H22N2O3S. The number of nitrogens with zero attached hydrogens (tertiary/aromatic N) is 2. The van der Waals surface area contributed by atoms with Gasteiger partial charge in [-0.15, -0.1) is 11.3 Å². The van der Waals surface area contributed by atoms with E-state index in [1.807, 2.05) is 18.4 Å². The molecule has 2 heterocycles. The first-order valence-corrected chi connectivity index (χ1v) is 8.18. The first-order valence-electron chi connectivity index (χ1n) is 7.30. The number of rotatable bonds is 6. The summed E-state index contributed by atoms with van der Waals surface area (Å²) < 4.78 is 5.57. The Labute approximate surface area is 129 Å². The molecule has 5 nitrogen and oxygen atoms in total. The number of ether oxygens (including phenoxy) is 1. The maximum Gasteiger partial charge on any atom is 0.264 e. The van der Waals surface area contributed by atoms with E-state index in [1.165, 1.54) is 16.2 Å². The summed E-state index contributed by atoms with van der Waals surface area (Å²) in [5, 5.41) is 1.86. The average Bonchev–Trinajstić information content (AvgIpc) is 3.16. The molecule has 116 valence electrons. The van der Waals surface area contributed by atoms with Crippen LogP contribution in [0.25, 0.3) is 0 Å². The van der Waals surface area contributed by atoms with Crippen LogP contribution in [0.4, 0.5) is 0 Å². The number of likely N-dealkylation sites (N-methyl/N-ethyl adjacent to an activating group) is 2. The Kier molecular flexibility index (Phi) is 5.76. The van der Waals surface area contributed by atoms with Crippen LogP contribution in [0.2, 0.25) is 0 Å². The van der Waals surface area contributed by atoms with Crippen molar-refractivity contribution in [2.75, 3.05) is 33.3 Å². The molecule has 0 radical (unpaired) electrons. The molecule has 0 N–H and O–H groups in total. The molecular weight excluding hydrogens is 288 g/mol. The molecule has 1 aromatic rings. The average molecular weight is 310 g/mol. The number of hydrogen-bond acceptors (Lipinski definition) is 4. The molecule has 1 fully saturated rings. The van der Waals surface area contributed by atoms with Gasteiger partial charge in [-0.25, -0.2) is 0 Å². The number of carbonyl (C=O) groups is 2. The van der Waals surface area contributed by atoms with Crippen molar-refractivity contribution in [1.29, 1.82) is 0 Å². The third-order valence-corrected chi connectivity index (χ3v) is 4.49. The van der Waals surface area contributed by atoms with E-state index >= 15 is 0 Å². The zero-order chi connectivity index (χ0) is 15.2. The molecule has 6 heteroatoms. The van der Waals surface area contributed by atoms with Crippen molar-refractivity contribution in [2.24, 2.45) is 0 Å². The molecule has 0 aliphatic carbocycles. The molecule has 1 aliphatic heterocycles. The lowest BCUT2D eigenvalue weighted by atomic mass is 10.2. The molecule has 2 rings (SSSR count). The van der Waals surface area contributed by atoms with Gasteiger partial charge in [0.15, 0.2) is 0 Å². The van der Waals surface area contributed by atoms with Crippen LogP contribution in [0.5, 0.6) is 0 Å². The Morgan fingerprint density at radius 1 is 1.48 bits per heavy atom. The van der Waals surface area contributed by atoms with Crippen LogP contribution in [-0.4, -0.2) is 61.0 Å². The van der Waals surface area contributed by atoms with Crippen molar-refractivity contribution in [3.05, 3.63) is 22.4 Å². The van der Waals surface area contributed by atoms with Crippen molar-refractivity contribution in [3.63, 3.8) is 0 Å². The first-order chi connectivity index (χ1) is 10.1. The van der Waals surface area contributed by atoms with Gasteiger partial charge in [0.05, 0.1) is 17.5 Å². The molecule has 0 bridgehead atoms. The highest BCUT2D eigenvalue weighted by molar-refractivity contribution is 7.12. The molecule has 2 amide bonds. The van der Waals surface area contributed by atoms with Gasteiger partial charge in [-0.3, -0.25) is 9.59 Å². The van der Waals surface area contributed by atoms with Gasteiger partial charge >= 0.3 is 0 Å². The van der Waals surface area contributed by atoms with Crippen molar-refractivity contribution in [1.82, 2.24) is 9.80 Å². The molecule has 1 atom stereocenters. The summed E-state index contributed by atoms with van der Waals surface area (Å²) in [6.45, 7) is 4.11. The number of thiophene rings is 1. The van der Waals surface area contributed by atoms with Crippen LogP contribution in [-0.2, 0) is 9.53 Å². The van der Waals surface area contributed by atoms with Gasteiger partial charge in [0.2, 0.25) is 5.91 Å². The Morgan fingerprint density at radius 2 is 2.29 bits per heavy atom. The minimum atomic E-state index is -0.105. The van der Waals surface area contributed by atoms with E-state index in [0.29, 0.717) is 18.0 Å². The summed E-state index contributed by atoms with van der Waals surface area (Å²) in [4.78, 5) is 28.4. The smallest absolute Gasteiger partial charge is 0.264 e. The molecule has 0 saturated carbocycles. The van der Waals surface area contributed by atoms with Gasteiger partial charge in [-0.2, -0.15) is 0 Å². The van der Waals surface area contributed by atoms with Crippen LogP contribution >= 0.6 is 11.3 Å². The van der Waals surface area contributed by atoms with E-state index in [9.17, 15) is 9.59 Å². The predicted molar refractivity (Wildman–Crippen MR) is 82.5 cm³/mol. The highest BCUT2D eigenvalue weighted by Gasteiger charge is 2.23. The summed E-state index contributed by atoms with van der Waals surface area (Å²) in [6, 6.07) is 3.61. The maximum atomic E-state index is 12.3. The zero-order valence-electron chi connectivity index (χ0n) is 12.6. The second-order valence-electron chi connectivity index (χ2n) is 5.21. The van der Waals surface area contributed by atoms with Crippen LogP contribution in [0.1, 0.15) is 29.4 Å². The minimum Gasteiger partial charge on any atom is -0.376 e. The van der Waals surface area contributed by atoms with Crippen molar-refractivity contribution >= 4 is 23.2 Å². The molecule has 1 saturated heterocycles. The van der Waals surface area contributed by atoms with Crippen LogP contribution in [0.15, 0.2) is 17.5 Å². The van der Waals surface area contributed by atoms with E-state index in [1.54, 1.807) is 18.0 Å². The lowest BCUT2D eigenvalue weighted by Gasteiger charge is -2.26. The fourth-order valence-electron chi connectivity index (χ4n) is 2.40. The van der Waals surface area contributed by atoms with E-state index in [0.717, 1.165) is 19.4 Å². The molecule has 1 aliphatic rings. The minimum absolute atomic E-state index is 0.0274. The largest absolute Gasteiger partial charge is 0.376 e. The number of carbonyl (C=O) groups excluding carboxylic acids is 2. The molecule has 1 aromatic heterocycles. The summed E-state index contributed by atoms with van der Waals surface area (Å²) in [5.41, 5.74) is 0. The van der Waals surface area contributed by atoms with E-state index in [-0.39, 0.29) is 24.5 Å². The fraction of sp³-hybridized carbons (Fsp3) is 0.600. The summed E-state index contributed by atoms with van der Waals surface area (Å²) in [7, 11) is 1.67. The van der Waals surface area contributed by atoms with Gasteiger partial charge in [-0.1, -0.05) is 6.07 Å². The highest BCUT2D eigenvalue weighted by atomic mass is 32.1. The second-order valence-corrected chi connectivity index (χ2v) is 6.15. The van der Waals surface area contributed by atoms with Gasteiger partial charge < -0.3 is 14.5 Å². The SMILES string of the molecule is CCN(CC1CCCO1)C(=O)CN(C)C(=O)c1cccs1. The topological polar surface area (TPSA) is 49.9 Å². The zero-order valence-corrected chi connectivity index (χ0v) is 13.4. The standard InChI is InChI=1S/C15H22N2O3S/c1-3-17(10-12-6-4-8-20-12)14(18)11-16(2)15(19)13-7-5-9-21-13/h5,7,9,12H,3-4,6,8,10-11H2,1-2H3. The van der Waals surface area contributed by atoms with Crippen molar-refractivity contribution < 1.29 is 14.3 Å². The predicted octanol–water partition coefficient (Wildman–Crippen LogP) is 1.85. The van der Waals surface area contributed by atoms with Gasteiger partial charge in [0.1, 0.15) is 0 Å². The molecule has 1 unspecified atom stereocenters. The molecule has 21 heavy (non-hydrogen) atoms. The highest BCUT2D eigenvalue weighted by Crippen LogP contribution is 2.14. The third kappa shape index (κ3) is 4.28. The normalized spacial score (nSPS) is 17.7. The summed E-state index contributed by atoms with van der Waals surface area (Å²) >= 11 is 1.39. The van der Waals surface area contributed by atoms with E-state index < -0.39 is 0 Å². The lowest BCUT2D eigenvalue weighted by Crippen LogP contribution is -2.43. The maximum absolute atomic E-state index is 12.3. The summed E-state index contributed by atoms with van der Waals surface area (Å²) in [5.74, 6) is -0.132. The lowest BCUT2D eigenvalue weighted by molar-refractivity contribution is -0.133. The Bertz CT molecular complexity index is 469. The van der Waals surface area contributed by atoms with Gasteiger partial charge in [0, 0.05) is 26.7 Å². The van der Waals surface area contributed by atoms with Crippen molar-refractivity contribution in [3.8, 4) is 0 Å². The monoisotopic (exact) mass is 310 g/mol. The number of hydrogen-bond donors (Lipinski definition) is 0. The van der Waals surface area contributed by atoms with E-state index in [2.05, 4.69) is 0 Å². The van der Waals surface area contributed by atoms with Gasteiger partial charge in [-0.05, 0) is 31.2 Å². The molecule has 0 spiro atoms. The Hall–Kier alpha value is -1.40. The number of amides is 2. The fourth-order valence-corrected chi connectivity index (χ4v) is 3.12. The Balaban J connectivity index is 1.87. The summed E-state index contributed by atoms with van der Waals surface area (Å²) in [6.07, 6.45) is 2.22. The third-order valence-electron chi connectivity index (χ3n) is 3.63.